The van der Waals surface area contributed by atoms with E-state index < -0.39 is 12.0 Å². The number of hydrogen-bond acceptors (Lipinski definition) is 5. The molecule has 0 unspecified atom stereocenters. The van der Waals surface area contributed by atoms with E-state index in [0.29, 0.717) is 36.9 Å². The van der Waals surface area contributed by atoms with Crippen molar-refractivity contribution in [2.75, 3.05) is 18.6 Å². The number of carbonyl (C=O) groups excluding carboxylic acids is 1. The van der Waals surface area contributed by atoms with Gasteiger partial charge in [-0.2, -0.15) is 11.8 Å². The van der Waals surface area contributed by atoms with Crippen molar-refractivity contribution >= 4 is 23.6 Å². The first-order valence-electron chi connectivity index (χ1n) is 14.2. The molecular weight excluding hydrogens is 510 g/mol. The molecule has 1 fully saturated rings. The predicted molar refractivity (Wildman–Crippen MR) is 159 cm³/mol. The molecule has 0 bridgehead atoms. The summed E-state index contributed by atoms with van der Waals surface area (Å²) in [6, 6.07) is 12.7. The number of amides is 1. The van der Waals surface area contributed by atoms with Gasteiger partial charge in [0.1, 0.15) is 6.04 Å². The van der Waals surface area contributed by atoms with Crippen LogP contribution >= 0.6 is 11.8 Å². The van der Waals surface area contributed by atoms with Crippen molar-refractivity contribution in [3.8, 4) is 11.1 Å². The van der Waals surface area contributed by atoms with Gasteiger partial charge in [0.05, 0.1) is 25.4 Å². The number of benzene rings is 2. The highest BCUT2D eigenvalue weighted by molar-refractivity contribution is 7.98. The predicted octanol–water partition coefficient (Wildman–Crippen LogP) is 6.88. The van der Waals surface area contributed by atoms with Crippen LogP contribution < -0.4 is 5.32 Å². The number of rotatable bonds is 15. The molecule has 0 spiro atoms. The Morgan fingerprint density at radius 2 is 1.79 bits per heavy atom. The van der Waals surface area contributed by atoms with Crippen molar-refractivity contribution in [2.24, 2.45) is 5.92 Å². The minimum absolute atomic E-state index is 0.0214. The van der Waals surface area contributed by atoms with Crippen molar-refractivity contribution < 1.29 is 24.2 Å². The summed E-state index contributed by atoms with van der Waals surface area (Å²) in [6.07, 6.45) is 9.92. The number of carboxylic acid groups (broad SMARTS) is 1. The van der Waals surface area contributed by atoms with Crippen LogP contribution in [0.15, 0.2) is 42.5 Å². The Labute approximate surface area is 238 Å². The van der Waals surface area contributed by atoms with Crippen LogP contribution in [0.25, 0.3) is 11.1 Å². The van der Waals surface area contributed by atoms with Crippen LogP contribution in [0.1, 0.15) is 80.3 Å². The number of aryl methyl sites for hydroxylation is 1. The maximum absolute atomic E-state index is 13.3. The molecule has 2 atom stereocenters. The van der Waals surface area contributed by atoms with E-state index in [1.165, 1.54) is 32.1 Å². The van der Waals surface area contributed by atoms with Gasteiger partial charge in [-0.05, 0) is 85.9 Å². The van der Waals surface area contributed by atoms with Gasteiger partial charge in [-0.25, -0.2) is 4.79 Å². The summed E-state index contributed by atoms with van der Waals surface area (Å²) < 4.78 is 12.4. The molecular formula is C32H45NO5S. The third kappa shape index (κ3) is 9.96. The van der Waals surface area contributed by atoms with E-state index in [1.54, 1.807) is 17.8 Å². The van der Waals surface area contributed by atoms with Gasteiger partial charge in [0.2, 0.25) is 0 Å². The molecule has 1 amide bonds. The summed E-state index contributed by atoms with van der Waals surface area (Å²) in [4.78, 5) is 25.1. The number of nitrogens with one attached hydrogen (secondary N) is 1. The second-order valence-electron chi connectivity index (χ2n) is 10.9. The fraction of sp³-hybridized carbons (Fsp3) is 0.562. The topological polar surface area (TPSA) is 84.9 Å². The normalized spacial score (nSPS) is 15.7. The largest absolute Gasteiger partial charge is 0.480 e. The molecule has 0 aliphatic heterocycles. The van der Waals surface area contributed by atoms with Crippen LogP contribution in [0.5, 0.6) is 0 Å². The number of carboxylic acids is 1. The lowest BCUT2D eigenvalue weighted by Crippen LogP contribution is -2.41. The number of hydrogen-bond donors (Lipinski definition) is 2. The molecule has 1 aliphatic rings. The van der Waals surface area contributed by atoms with Crippen LogP contribution in [0.3, 0.4) is 0 Å². The van der Waals surface area contributed by atoms with Crippen molar-refractivity contribution in [2.45, 2.75) is 90.6 Å². The third-order valence-corrected chi connectivity index (χ3v) is 8.04. The Hall–Kier alpha value is -2.35. The fourth-order valence-electron chi connectivity index (χ4n) is 5.20. The average Bonchev–Trinajstić information content (AvgIpc) is 2.93. The third-order valence-electron chi connectivity index (χ3n) is 7.40. The molecule has 1 aliphatic carbocycles. The molecule has 2 N–H and O–H groups in total. The SMILES string of the molecule is CSCC[C@H](NC(=O)c1ccc(CO[C@H](COC(C)C)CC2CCCCC2)cc1-c1ccccc1C)C(=O)O. The van der Waals surface area contributed by atoms with E-state index in [4.69, 9.17) is 9.47 Å². The van der Waals surface area contributed by atoms with Gasteiger partial charge in [0.25, 0.3) is 5.91 Å². The molecule has 0 saturated heterocycles. The smallest absolute Gasteiger partial charge is 0.326 e. The molecule has 39 heavy (non-hydrogen) atoms. The first kappa shape index (κ1) is 31.2. The number of ether oxygens (including phenoxy) is 2. The lowest BCUT2D eigenvalue weighted by Gasteiger charge is -2.27. The highest BCUT2D eigenvalue weighted by Crippen LogP contribution is 2.31. The van der Waals surface area contributed by atoms with Gasteiger partial charge in [-0.1, -0.05) is 62.4 Å². The Kier molecular flexibility index (Phi) is 12.8. The lowest BCUT2D eigenvalue weighted by molar-refractivity contribution is -0.139. The monoisotopic (exact) mass is 555 g/mol. The van der Waals surface area contributed by atoms with Crippen LogP contribution in [0.2, 0.25) is 0 Å². The second kappa shape index (κ2) is 16.0. The summed E-state index contributed by atoms with van der Waals surface area (Å²) in [6.45, 7) is 7.11. The molecule has 7 heteroatoms. The first-order chi connectivity index (χ1) is 18.8. The molecule has 0 heterocycles. The zero-order valence-electron chi connectivity index (χ0n) is 23.9. The highest BCUT2D eigenvalue weighted by Gasteiger charge is 2.24. The van der Waals surface area contributed by atoms with Gasteiger partial charge in [-0.15, -0.1) is 0 Å². The lowest BCUT2D eigenvalue weighted by atomic mass is 9.85. The maximum atomic E-state index is 13.3. The number of thioether (sulfide) groups is 1. The Balaban J connectivity index is 1.82. The second-order valence-corrected chi connectivity index (χ2v) is 11.9. The Morgan fingerprint density at radius 1 is 1.05 bits per heavy atom. The molecule has 2 aromatic rings. The van der Waals surface area contributed by atoms with Gasteiger partial charge >= 0.3 is 5.97 Å². The summed E-state index contributed by atoms with van der Waals surface area (Å²) in [5.41, 5.74) is 4.21. The van der Waals surface area contributed by atoms with E-state index in [0.717, 1.165) is 28.7 Å². The first-order valence-corrected chi connectivity index (χ1v) is 15.6. The summed E-state index contributed by atoms with van der Waals surface area (Å²) >= 11 is 1.56. The zero-order valence-corrected chi connectivity index (χ0v) is 24.7. The molecule has 0 aromatic heterocycles. The van der Waals surface area contributed by atoms with Gasteiger partial charge in [0.15, 0.2) is 0 Å². The van der Waals surface area contributed by atoms with Crippen molar-refractivity contribution in [1.82, 2.24) is 5.32 Å². The summed E-state index contributed by atoms with van der Waals surface area (Å²) in [7, 11) is 0. The number of carbonyl (C=O) groups is 2. The van der Waals surface area contributed by atoms with Crippen molar-refractivity contribution in [3.63, 3.8) is 0 Å². The van der Waals surface area contributed by atoms with Crippen LogP contribution in [0.4, 0.5) is 0 Å². The minimum Gasteiger partial charge on any atom is -0.480 e. The average molecular weight is 556 g/mol. The Morgan fingerprint density at radius 3 is 2.46 bits per heavy atom. The molecule has 214 valence electrons. The molecule has 3 rings (SSSR count). The summed E-state index contributed by atoms with van der Waals surface area (Å²) in [5, 5.41) is 12.4. The fourth-order valence-corrected chi connectivity index (χ4v) is 5.67. The minimum atomic E-state index is -1.02. The number of aliphatic carboxylic acids is 1. The van der Waals surface area contributed by atoms with Crippen molar-refractivity contribution in [1.29, 1.82) is 0 Å². The highest BCUT2D eigenvalue weighted by atomic mass is 32.2. The van der Waals surface area contributed by atoms with Crippen LogP contribution in [-0.4, -0.2) is 53.8 Å². The molecule has 0 radical (unpaired) electrons. The Bertz CT molecular complexity index is 1070. The van der Waals surface area contributed by atoms with E-state index >= 15 is 0 Å². The molecule has 6 nitrogen and oxygen atoms in total. The van der Waals surface area contributed by atoms with Crippen LogP contribution in [0, 0.1) is 12.8 Å². The van der Waals surface area contributed by atoms with Crippen molar-refractivity contribution in [3.05, 3.63) is 59.2 Å². The summed E-state index contributed by atoms with van der Waals surface area (Å²) in [5.74, 6) is -0.0654. The van der Waals surface area contributed by atoms with Crippen LogP contribution in [-0.2, 0) is 20.9 Å². The molecule has 1 saturated carbocycles. The van der Waals surface area contributed by atoms with E-state index in [1.807, 2.05) is 63.4 Å². The van der Waals surface area contributed by atoms with E-state index in [9.17, 15) is 14.7 Å². The molecule has 2 aromatic carbocycles. The zero-order chi connectivity index (χ0) is 28.2. The van der Waals surface area contributed by atoms with E-state index in [2.05, 4.69) is 5.32 Å². The van der Waals surface area contributed by atoms with Gasteiger partial charge < -0.3 is 19.9 Å². The standard InChI is InChI=1S/C32H45NO5S/c1-22(2)37-21-26(18-24-11-6-5-7-12-24)38-20-25-14-15-28(29(19-25)27-13-9-8-10-23(27)3)31(34)33-30(32(35)36)16-17-39-4/h8-10,13-15,19,22,24,26,30H,5-7,11-12,16-18,20-21H2,1-4H3,(H,33,34)(H,35,36)/t26-,30-/m0/s1. The quantitative estimate of drug-likeness (QED) is 0.249. The van der Waals surface area contributed by atoms with Gasteiger partial charge in [-0.3, -0.25) is 4.79 Å². The van der Waals surface area contributed by atoms with E-state index in [-0.39, 0.29) is 18.1 Å². The van der Waals surface area contributed by atoms with Gasteiger partial charge in [0, 0.05) is 5.56 Å². The maximum Gasteiger partial charge on any atom is 0.326 e.